The predicted molar refractivity (Wildman–Crippen MR) is 76.7 cm³/mol. The maximum atomic E-state index is 5.70. The number of nitrogens with two attached hydrogens (primary N) is 1. The fourth-order valence-electron chi connectivity index (χ4n) is 2.33. The summed E-state index contributed by atoms with van der Waals surface area (Å²) >= 11 is 0. The fourth-order valence-corrected chi connectivity index (χ4v) is 2.33. The first-order valence-electron chi connectivity index (χ1n) is 6.75. The van der Waals surface area contributed by atoms with E-state index in [0.29, 0.717) is 0 Å². The van der Waals surface area contributed by atoms with Crippen molar-refractivity contribution in [2.24, 2.45) is 5.84 Å². The second kappa shape index (κ2) is 7.39. The zero-order chi connectivity index (χ0) is 13.5. The van der Waals surface area contributed by atoms with Crippen LogP contribution in [0, 0.1) is 13.8 Å². The number of hydrogen-bond acceptors (Lipinski definition) is 3. The Morgan fingerprint density at radius 2 is 1.94 bits per heavy atom. The molecule has 3 nitrogen and oxygen atoms in total. The molecule has 0 aromatic heterocycles. The molecule has 1 rings (SSSR count). The zero-order valence-electron chi connectivity index (χ0n) is 12.0. The number of hydrogen-bond donors (Lipinski definition) is 2. The van der Waals surface area contributed by atoms with Crippen molar-refractivity contribution >= 4 is 0 Å². The number of benzene rings is 1. The quantitative estimate of drug-likeness (QED) is 0.443. The molecule has 0 amide bonds. The molecule has 0 aliphatic rings. The molecule has 1 atom stereocenters. The summed E-state index contributed by atoms with van der Waals surface area (Å²) in [6.45, 7) is 6.40. The smallest absolute Gasteiger partial charge is 0.122 e. The Morgan fingerprint density at radius 3 is 2.50 bits per heavy atom. The van der Waals surface area contributed by atoms with Gasteiger partial charge in [-0.2, -0.15) is 0 Å². The molecule has 1 aromatic carbocycles. The van der Waals surface area contributed by atoms with E-state index in [0.717, 1.165) is 17.7 Å². The van der Waals surface area contributed by atoms with Gasteiger partial charge in [0.05, 0.1) is 7.11 Å². The van der Waals surface area contributed by atoms with Gasteiger partial charge in [-0.05, 0) is 43.0 Å². The number of rotatable bonds is 7. The topological polar surface area (TPSA) is 47.3 Å². The highest BCUT2D eigenvalue weighted by atomic mass is 16.5. The van der Waals surface area contributed by atoms with Gasteiger partial charge in [-0.25, -0.2) is 0 Å². The first kappa shape index (κ1) is 15.0. The SMILES string of the molecule is CCCCCC(NN)c1cc(C)c(OC)cc1C. The molecule has 3 N–H and O–H groups in total. The Hall–Kier alpha value is -1.06. The minimum atomic E-state index is 0.237. The van der Waals surface area contributed by atoms with Gasteiger partial charge >= 0.3 is 0 Å². The Balaban J connectivity index is 2.88. The Kier molecular flexibility index (Phi) is 6.16. The molecule has 0 aliphatic heterocycles. The average molecular weight is 250 g/mol. The first-order chi connectivity index (χ1) is 8.63. The molecule has 18 heavy (non-hydrogen) atoms. The standard InChI is InChI=1S/C15H26N2O/c1-5-6-7-8-14(17-16)13-9-12(3)15(18-4)10-11(13)2/h9-10,14,17H,5-8,16H2,1-4H3. The lowest BCUT2D eigenvalue weighted by Crippen LogP contribution is -2.28. The van der Waals surface area contributed by atoms with Crippen molar-refractivity contribution in [3.63, 3.8) is 0 Å². The third kappa shape index (κ3) is 3.72. The van der Waals surface area contributed by atoms with Crippen molar-refractivity contribution < 1.29 is 4.74 Å². The van der Waals surface area contributed by atoms with Gasteiger partial charge in [0, 0.05) is 6.04 Å². The molecule has 3 heteroatoms. The number of aryl methyl sites for hydroxylation is 2. The number of nitrogens with one attached hydrogen (secondary N) is 1. The van der Waals surface area contributed by atoms with Crippen LogP contribution in [0.25, 0.3) is 0 Å². The summed E-state index contributed by atoms with van der Waals surface area (Å²) in [5.41, 5.74) is 6.62. The van der Waals surface area contributed by atoms with E-state index in [4.69, 9.17) is 10.6 Å². The predicted octanol–water partition coefficient (Wildman–Crippen LogP) is 3.40. The molecule has 0 bridgehead atoms. The van der Waals surface area contributed by atoms with E-state index in [9.17, 15) is 0 Å². The fraction of sp³-hybridized carbons (Fsp3) is 0.600. The third-order valence-electron chi connectivity index (χ3n) is 3.46. The second-order valence-electron chi connectivity index (χ2n) is 4.89. The Morgan fingerprint density at radius 1 is 1.22 bits per heavy atom. The van der Waals surface area contributed by atoms with Crippen LogP contribution in [-0.2, 0) is 0 Å². The summed E-state index contributed by atoms with van der Waals surface area (Å²) in [5, 5.41) is 0. The zero-order valence-corrected chi connectivity index (χ0v) is 12.0. The van der Waals surface area contributed by atoms with Gasteiger partial charge in [-0.15, -0.1) is 0 Å². The molecule has 102 valence electrons. The van der Waals surface area contributed by atoms with Crippen molar-refractivity contribution in [3.8, 4) is 5.75 Å². The maximum Gasteiger partial charge on any atom is 0.122 e. The maximum absolute atomic E-state index is 5.70. The first-order valence-corrected chi connectivity index (χ1v) is 6.75. The molecule has 0 saturated carbocycles. The Labute approximate surface area is 111 Å². The summed E-state index contributed by atoms with van der Waals surface area (Å²) in [4.78, 5) is 0. The lowest BCUT2D eigenvalue weighted by atomic mass is 9.95. The summed E-state index contributed by atoms with van der Waals surface area (Å²) in [6, 6.07) is 4.51. The van der Waals surface area contributed by atoms with Gasteiger partial charge in [-0.1, -0.05) is 32.3 Å². The minimum absolute atomic E-state index is 0.237. The minimum Gasteiger partial charge on any atom is -0.496 e. The highest BCUT2D eigenvalue weighted by molar-refractivity contribution is 5.42. The van der Waals surface area contributed by atoms with E-state index in [1.54, 1.807) is 7.11 Å². The summed E-state index contributed by atoms with van der Waals surface area (Å²) in [7, 11) is 1.71. The van der Waals surface area contributed by atoms with E-state index in [2.05, 4.69) is 38.3 Å². The number of ether oxygens (including phenoxy) is 1. The van der Waals surface area contributed by atoms with Crippen LogP contribution < -0.4 is 16.0 Å². The lowest BCUT2D eigenvalue weighted by molar-refractivity contribution is 0.410. The Bertz CT molecular complexity index is 377. The van der Waals surface area contributed by atoms with E-state index in [-0.39, 0.29) is 6.04 Å². The van der Waals surface area contributed by atoms with Crippen LogP contribution in [0.2, 0.25) is 0 Å². The van der Waals surface area contributed by atoms with Crippen LogP contribution in [0.1, 0.15) is 55.3 Å². The third-order valence-corrected chi connectivity index (χ3v) is 3.46. The lowest BCUT2D eigenvalue weighted by Gasteiger charge is -2.20. The van der Waals surface area contributed by atoms with Crippen molar-refractivity contribution in [3.05, 3.63) is 28.8 Å². The van der Waals surface area contributed by atoms with E-state index in [1.807, 2.05) is 0 Å². The second-order valence-corrected chi connectivity index (χ2v) is 4.89. The van der Waals surface area contributed by atoms with E-state index in [1.165, 1.54) is 30.4 Å². The van der Waals surface area contributed by atoms with Crippen molar-refractivity contribution in [2.75, 3.05) is 7.11 Å². The molecule has 0 aliphatic carbocycles. The number of methoxy groups -OCH3 is 1. The van der Waals surface area contributed by atoms with Crippen LogP contribution in [0.3, 0.4) is 0 Å². The molecule has 0 saturated heterocycles. The van der Waals surface area contributed by atoms with Gasteiger partial charge in [0.2, 0.25) is 0 Å². The molecule has 0 fully saturated rings. The van der Waals surface area contributed by atoms with Crippen molar-refractivity contribution in [2.45, 2.75) is 52.5 Å². The highest BCUT2D eigenvalue weighted by Gasteiger charge is 2.14. The molecule has 0 heterocycles. The summed E-state index contributed by atoms with van der Waals surface area (Å²) in [6.07, 6.45) is 4.77. The summed E-state index contributed by atoms with van der Waals surface area (Å²) in [5.74, 6) is 6.64. The molecule has 0 radical (unpaired) electrons. The van der Waals surface area contributed by atoms with Crippen LogP contribution in [0.4, 0.5) is 0 Å². The molecule has 0 spiro atoms. The van der Waals surface area contributed by atoms with Crippen LogP contribution in [0.5, 0.6) is 5.75 Å². The van der Waals surface area contributed by atoms with Crippen LogP contribution in [0.15, 0.2) is 12.1 Å². The molecule has 1 aromatic rings. The van der Waals surface area contributed by atoms with Crippen LogP contribution >= 0.6 is 0 Å². The normalized spacial score (nSPS) is 12.5. The highest BCUT2D eigenvalue weighted by Crippen LogP contribution is 2.28. The monoisotopic (exact) mass is 250 g/mol. The van der Waals surface area contributed by atoms with E-state index < -0.39 is 0 Å². The van der Waals surface area contributed by atoms with Gasteiger partial charge in [-0.3, -0.25) is 11.3 Å². The van der Waals surface area contributed by atoms with Gasteiger partial charge in [0.15, 0.2) is 0 Å². The number of hydrazine groups is 1. The number of unbranched alkanes of at least 4 members (excludes halogenated alkanes) is 2. The van der Waals surface area contributed by atoms with Crippen molar-refractivity contribution in [1.29, 1.82) is 0 Å². The van der Waals surface area contributed by atoms with Gasteiger partial charge in [0.25, 0.3) is 0 Å². The average Bonchev–Trinajstić information content (AvgIpc) is 2.37. The molecular weight excluding hydrogens is 224 g/mol. The van der Waals surface area contributed by atoms with Crippen LogP contribution in [-0.4, -0.2) is 7.11 Å². The van der Waals surface area contributed by atoms with E-state index >= 15 is 0 Å². The molecule has 1 unspecified atom stereocenters. The molecular formula is C15H26N2O. The van der Waals surface area contributed by atoms with Gasteiger partial charge in [0.1, 0.15) is 5.75 Å². The summed E-state index contributed by atoms with van der Waals surface area (Å²) < 4.78 is 5.34. The van der Waals surface area contributed by atoms with Gasteiger partial charge < -0.3 is 4.74 Å². The van der Waals surface area contributed by atoms with Crippen molar-refractivity contribution in [1.82, 2.24) is 5.43 Å². The largest absolute Gasteiger partial charge is 0.496 e.